The van der Waals surface area contributed by atoms with Crippen LogP contribution in [0.4, 0.5) is 5.69 Å². The van der Waals surface area contributed by atoms with Crippen LogP contribution in [0.15, 0.2) is 54.6 Å². The van der Waals surface area contributed by atoms with Crippen LogP contribution in [0.2, 0.25) is 0 Å². The normalized spacial score (nSPS) is 16.1. The molecule has 0 saturated carbocycles. The summed E-state index contributed by atoms with van der Waals surface area (Å²) in [5.41, 5.74) is 3.66. The van der Waals surface area contributed by atoms with E-state index in [1.165, 1.54) is 11.3 Å². The van der Waals surface area contributed by atoms with Crippen LogP contribution in [-0.4, -0.2) is 49.3 Å². The van der Waals surface area contributed by atoms with Gasteiger partial charge in [0.2, 0.25) is 5.91 Å². The monoisotopic (exact) mass is 383 g/mol. The Morgan fingerprint density at radius 3 is 2.33 bits per heavy atom. The van der Waals surface area contributed by atoms with Gasteiger partial charge in [0.25, 0.3) is 0 Å². The number of nitrogens with one attached hydrogen (secondary N) is 1. The van der Waals surface area contributed by atoms with Gasteiger partial charge in [0.15, 0.2) is 0 Å². The average Bonchev–Trinajstić information content (AvgIpc) is 2.72. The zero-order valence-corrected chi connectivity index (χ0v) is 17.0. The zero-order valence-electron chi connectivity index (χ0n) is 16.2. The fourth-order valence-corrected chi connectivity index (χ4v) is 3.96. The molecule has 4 nitrogen and oxygen atoms in total. The highest BCUT2D eigenvalue weighted by molar-refractivity contribution is 7.99. The number of hydrogen-bond acceptors (Lipinski definition) is 4. The molecule has 1 atom stereocenters. The molecule has 2 aromatic carbocycles. The lowest BCUT2D eigenvalue weighted by molar-refractivity contribution is -0.120. The number of thioether (sulfide) groups is 1. The largest absolute Gasteiger partial charge is 0.369 e. The first-order chi connectivity index (χ1) is 13.1. The van der Waals surface area contributed by atoms with Gasteiger partial charge in [-0.25, -0.2) is 0 Å². The van der Waals surface area contributed by atoms with Crippen molar-refractivity contribution < 1.29 is 4.79 Å². The lowest BCUT2D eigenvalue weighted by Gasteiger charge is -2.34. The summed E-state index contributed by atoms with van der Waals surface area (Å²) < 4.78 is 0. The van der Waals surface area contributed by atoms with Gasteiger partial charge in [-0.1, -0.05) is 42.5 Å². The van der Waals surface area contributed by atoms with Gasteiger partial charge in [-0.05, 0) is 37.2 Å². The average molecular weight is 384 g/mol. The molecule has 1 saturated heterocycles. The Morgan fingerprint density at radius 2 is 1.67 bits per heavy atom. The Hall–Kier alpha value is -1.98. The van der Waals surface area contributed by atoms with Crippen molar-refractivity contribution in [1.82, 2.24) is 10.2 Å². The summed E-state index contributed by atoms with van der Waals surface area (Å²) in [4.78, 5) is 17.1. The number of likely N-dealkylation sites (N-methyl/N-ethyl adjacent to an activating group) is 1. The molecule has 0 radical (unpaired) electrons. The first kappa shape index (κ1) is 19.8. The van der Waals surface area contributed by atoms with Gasteiger partial charge in [0.1, 0.15) is 0 Å². The van der Waals surface area contributed by atoms with Crippen molar-refractivity contribution >= 4 is 23.4 Å². The Kier molecular flexibility index (Phi) is 7.18. The van der Waals surface area contributed by atoms with Crippen LogP contribution in [0.5, 0.6) is 0 Å². The number of rotatable bonds is 7. The molecule has 3 rings (SSSR count). The number of carbonyl (C=O) groups is 1. The van der Waals surface area contributed by atoms with Gasteiger partial charge in [0, 0.05) is 44.2 Å². The van der Waals surface area contributed by atoms with Crippen molar-refractivity contribution in [3.63, 3.8) is 0 Å². The van der Waals surface area contributed by atoms with Gasteiger partial charge in [-0.3, -0.25) is 4.79 Å². The lowest BCUT2D eigenvalue weighted by Crippen LogP contribution is -2.44. The van der Waals surface area contributed by atoms with Crippen molar-refractivity contribution in [3.8, 4) is 0 Å². The van der Waals surface area contributed by atoms with E-state index in [2.05, 4.69) is 58.6 Å². The summed E-state index contributed by atoms with van der Waals surface area (Å²) in [5, 5.41) is 3.00. The van der Waals surface area contributed by atoms with Crippen LogP contribution >= 0.6 is 11.8 Å². The summed E-state index contributed by atoms with van der Waals surface area (Å²) >= 11 is 1.67. The maximum Gasteiger partial charge on any atom is 0.233 e. The molecule has 5 heteroatoms. The first-order valence-electron chi connectivity index (χ1n) is 9.57. The number of hydrogen-bond donors (Lipinski definition) is 1. The number of carbonyl (C=O) groups excluding carboxylic acids is 1. The standard InChI is InChI=1S/C22H29N3OS/c1-18(27-17-20-6-4-3-5-7-20)22(26)23-16-19-8-10-21(11-9-19)25-14-12-24(2)13-15-25/h3-11,18H,12-17H2,1-2H3,(H,23,26)/t18-/m1/s1. The maximum absolute atomic E-state index is 12.3. The summed E-state index contributed by atoms with van der Waals surface area (Å²) in [6.07, 6.45) is 0. The maximum atomic E-state index is 12.3. The van der Waals surface area contributed by atoms with Gasteiger partial charge < -0.3 is 15.1 Å². The van der Waals surface area contributed by atoms with Gasteiger partial charge in [0.05, 0.1) is 5.25 Å². The number of piperazine rings is 1. The molecule has 0 bridgehead atoms. The summed E-state index contributed by atoms with van der Waals surface area (Å²) in [6, 6.07) is 18.9. The van der Waals surface area contributed by atoms with Crippen molar-refractivity contribution in [2.24, 2.45) is 0 Å². The fourth-order valence-electron chi connectivity index (χ4n) is 3.09. The molecule has 1 amide bonds. The van der Waals surface area contributed by atoms with Crippen LogP contribution in [0.3, 0.4) is 0 Å². The topological polar surface area (TPSA) is 35.6 Å². The Labute approximate surface area is 166 Å². The van der Waals surface area contributed by atoms with E-state index >= 15 is 0 Å². The van der Waals surface area contributed by atoms with E-state index in [-0.39, 0.29) is 11.2 Å². The molecule has 144 valence electrons. The van der Waals surface area contributed by atoms with Gasteiger partial charge >= 0.3 is 0 Å². The van der Waals surface area contributed by atoms with Crippen molar-refractivity contribution in [1.29, 1.82) is 0 Å². The smallest absolute Gasteiger partial charge is 0.233 e. The highest BCUT2D eigenvalue weighted by atomic mass is 32.2. The number of nitrogens with zero attached hydrogens (tertiary/aromatic N) is 2. The molecule has 27 heavy (non-hydrogen) atoms. The second-order valence-corrected chi connectivity index (χ2v) is 8.44. The third-order valence-corrected chi connectivity index (χ3v) is 6.20. The number of anilines is 1. The molecule has 2 aromatic rings. The highest BCUT2D eigenvalue weighted by Gasteiger charge is 2.15. The van der Waals surface area contributed by atoms with Crippen molar-refractivity contribution in [2.75, 3.05) is 38.1 Å². The molecular weight excluding hydrogens is 354 g/mol. The third-order valence-electron chi connectivity index (χ3n) is 4.98. The second-order valence-electron chi connectivity index (χ2n) is 7.11. The van der Waals surface area contributed by atoms with E-state index in [4.69, 9.17) is 0 Å². The molecule has 0 aromatic heterocycles. The van der Waals surface area contributed by atoms with E-state index in [1.807, 2.05) is 25.1 Å². The van der Waals surface area contributed by atoms with E-state index < -0.39 is 0 Å². The third kappa shape index (κ3) is 6.01. The minimum atomic E-state index is -0.0604. The number of benzene rings is 2. The summed E-state index contributed by atoms with van der Waals surface area (Å²) in [5.74, 6) is 0.953. The van der Waals surface area contributed by atoms with Gasteiger partial charge in [-0.2, -0.15) is 0 Å². The Bertz CT molecular complexity index is 712. The minimum absolute atomic E-state index is 0.0604. The molecule has 1 aliphatic heterocycles. The molecular formula is C22H29N3OS. The lowest BCUT2D eigenvalue weighted by atomic mass is 10.1. The molecule has 1 N–H and O–H groups in total. The van der Waals surface area contributed by atoms with Crippen LogP contribution < -0.4 is 10.2 Å². The minimum Gasteiger partial charge on any atom is -0.369 e. The van der Waals surface area contributed by atoms with E-state index in [9.17, 15) is 4.79 Å². The van der Waals surface area contributed by atoms with Crippen LogP contribution in [0.25, 0.3) is 0 Å². The predicted octanol–water partition coefficient (Wildman–Crippen LogP) is 3.38. The van der Waals surface area contributed by atoms with Crippen molar-refractivity contribution in [3.05, 3.63) is 65.7 Å². The van der Waals surface area contributed by atoms with E-state index in [1.54, 1.807) is 11.8 Å². The van der Waals surface area contributed by atoms with Crippen LogP contribution in [0, 0.1) is 0 Å². The molecule has 0 spiro atoms. The summed E-state index contributed by atoms with van der Waals surface area (Å²) in [7, 11) is 2.17. The zero-order chi connectivity index (χ0) is 19.1. The fraction of sp³-hybridized carbons (Fsp3) is 0.409. The summed E-state index contributed by atoms with van der Waals surface area (Å²) in [6.45, 7) is 6.91. The highest BCUT2D eigenvalue weighted by Crippen LogP contribution is 2.19. The molecule has 1 aliphatic rings. The molecule has 1 fully saturated rings. The number of amides is 1. The van der Waals surface area contributed by atoms with E-state index in [0.29, 0.717) is 6.54 Å². The molecule has 0 aliphatic carbocycles. The van der Waals surface area contributed by atoms with E-state index in [0.717, 1.165) is 37.5 Å². The first-order valence-corrected chi connectivity index (χ1v) is 10.6. The SMILES string of the molecule is C[C@@H](SCc1ccccc1)C(=O)NCc1ccc(N2CCN(C)CC2)cc1. The molecule has 0 unspecified atom stereocenters. The molecule has 1 heterocycles. The quantitative estimate of drug-likeness (QED) is 0.795. The second kappa shape index (κ2) is 9.81. The predicted molar refractivity (Wildman–Crippen MR) is 115 cm³/mol. The van der Waals surface area contributed by atoms with Crippen LogP contribution in [0.1, 0.15) is 18.1 Å². The van der Waals surface area contributed by atoms with Gasteiger partial charge in [-0.15, -0.1) is 11.8 Å². The Morgan fingerprint density at radius 1 is 1.00 bits per heavy atom. The van der Waals surface area contributed by atoms with Crippen LogP contribution in [-0.2, 0) is 17.1 Å². The van der Waals surface area contributed by atoms with Crippen molar-refractivity contribution in [2.45, 2.75) is 24.5 Å². The Balaban J connectivity index is 1.43.